The fourth-order valence-electron chi connectivity index (χ4n) is 4.33. The predicted octanol–water partition coefficient (Wildman–Crippen LogP) is 5.01. The van der Waals surface area contributed by atoms with Crippen molar-refractivity contribution in [1.82, 2.24) is 9.80 Å². The van der Waals surface area contributed by atoms with Crippen molar-refractivity contribution in [2.45, 2.75) is 66.1 Å². The molecule has 1 unspecified atom stereocenters. The van der Waals surface area contributed by atoms with Crippen LogP contribution in [0.5, 0.6) is 5.75 Å². The van der Waals surface area contributed by atoms with Crippen molar-refractivity contribution in [2.24, 2.45) is 5.41 Å². The van der Waals surface area contributed by atoms with Gasteiger partial charge in [-0.15, -0.1) is 0 Å². The molecule has 27 heavy (non-hydrogen) atoms. The van der Waals surface area contributed by atoms with E-state index in [1.54, 1.807) is 4.90 Å². The molecular formula is C21H33BrN2O3. The Morgan fingerprint density at radius 2 is 2.00 bits per heavy atom. The van der Waals surface area contributed by atoms with Crippen molar-refractivity contribution < 1.29 is 14.6 Å². The molecule has 0 aliphatic carbocycles. The normalized spacial score (nSPS) is 24.1. The Hall–Kier alpha value is -1.27. The maximum atomic E-state index is 11.8. The number of rotatable bonds is 5. The zero-order valence-corrected chi connectivity index (χ0v) is 18.9. The first-order chi connectivity index (χ1) is 12.5. The van der Waals surface area contributed by atoms with Crippen LogP contribution in [0.15, 0.2) is 22.7 Å². The number of hydrogen-bond acceptors (Lipinski definition) is 3. The van der Waals surface area contributed by atoms with Gasteiger partial charge in [0, 0.05) is 35.2 Å². The largest absolute Gasteiger partial charge is 0.493 e. The van der Waals surface area contributed by atoms with Crippen LogP contribution in [0.2, 0.25) is 0 Å². The SMILES string of the molecule is Cc1c(Br)cccc1OCCCN1[C@H](C)C(C(C)(C)C)N(C(=O)O)C[C@@H]1C. The van der Waals surface area contributed by atoms with Gasteiger partial charge in [0.15, 0.2) is 0 Å². The average Bonchev–Trinajstić information content (AvgIpc) is 2.55. The van der Waals surface area contributed by atoms with Gasteiger partial charge in [-0.25, -0.2) is 4.79 Å². The smallest absolute Gasteiger partial charge is 0.407 e. The molecule has 1 aliphatic rings. The Bertz CT molecular complexity index is 659. The molecule has 1 heterocycles. The second-order valence-electron chi connectivity index (χ2n) is 8.64. The monoisotopic (exact) mass is 440 g/mol. The first kappa shape index (κ1) is 22.0. The standard InChI is InChI=1S/C21H33BrN2O3/c1-14-13-24(20(25)26)19(21(4,5)6)16(3)23(14)11-8-12-27-18-10-7-9-17(22)15(18)2/h7,9-10,14,16,19H,8,11-13H2,1-6H3,(H,25,26)/t14-,16+,19?/m0/s1. The average molecular weight is 441 g/mol. The van der Waals surface area contributed by atoms with Gasteiger partial charge in [0.2, 0.25) is 0 Å². The summed E-state index contributed by atoms with van der Waals surface area (Å²) < 4.78 is 7.03. The van der Waals surface area contributed by atoms with Gasteiger partial charge in [-0.2, -0.15) is 0 Å². The summed E-state index contributed by atoms with van der Waals surface area (Å²) in [5.74, 6) is 0.911. The van der Waals surface area contributed by atoms with Crippen LogP contribution in [0.25, 0.3) is 0 Å². The van der Waals surface area contributed by atoms with E-state index < -0.39 is 6.09 Å². The number of benzene rings is 1. The lowest BCUT2D eigenvalue weighted by atomic mass is 9.79. The molecule has 3 atom stereocenters. The Balaban J connectivity index is 1.99. The minimum atomic E-state index is -0.818. The van der Waals surface area contributed by atoms with Gasteiger partial charge in [0.25, 0.3) is 0 Å². The van der Waals surface area contributed by atoms with E-state index in [2.05, 4.69) is 55.4 Å². The molecule has 5 nitrogen and oxygen atoms in total. The molecular weight excluding hydrogens is 408 g/mol. The molecule has 1 fully saturated rings. The fraction of sp³-hybridized carbons (Fsp3) is 0.667. The molecule has 2 rings (SSSR count). The molecule has 152 valence electrons. The molecule has 0 spiro atoms. The molecule has 6 heteroatoms. The van der Waals surface area contributed by atoms with E-state index in [1.165, 1.54) is 0 Å². The summed E-state index contributed by atoms with van der Waals surface area (Å²) in [4.78, 5) is 15.8. The van der Waals surface area contributed by atoms with Gasteiger partial charge in [-0.3, -0.25) is 4.90 Å². The van der Waals surface area contributed by atoms with Gasteiger partial charge in [0.05, 0.1) is 12.6 Å². The molecule has 1 amide bonds. The second kappa shape index (κ2) is 8.82. The highest BCUT2D eigenvalue weighted by molar-refractivity contribution is 9.10. The van der Waals surface area contributed by atoms with Crippen molar-refractivity contribution in [3.63, 3.8) is 0 Å². The third-order valence-electron chi connectivity index (χ3n) is 5.51. The van der Waals surface area contributed by atoms with Crippen molar-refractivity contribution in [2.75, 3.05) is 19.7 Å². The van der Waals surface area contributed by atoms with E-state index in [1.807, 2.05) is 25.1 Å². The summed E-state index contributed by atoms with van der Waals surface area (Å²) in [6, 6.07) is 6.32. The van der Waals surface area contributed by atoms with Gasteiger partial charge >= 0.3 is 6.09 Å². The third kappa shape index (κ3) is 5.17. The number of ether oxygens (including phenoxy) is 1. The molecule has 0 bridgehead atoms. The maximum Gasteiger partial charge on any atom is 0.407 e. The lowest BCUT2D eigenvalue weighted by Crippen LogP contribution is -2.66. The Morgan fingerprint density at radius 1 is 1.33 bits per heavy atom. The molecule has 1 N–H and O–H groups in total. The highest BCUT2D eigenvalue weighted by atomic mass is 79.9. The zero-order valence-electron chi connectivity index (χ0n) is 17.3. The Kier molecular flexibility index (Phi) is 7.20. The third-order valence-corrected chi connectivity index (χ3v) is 6.37. The number of halogens is 1. The molecule has 1 aliphatic heterocycles. The van der Waals surface area contributed by atoms with Crippen molar-refractivity contribution in [1.29, 1.82) is 0 Å². The van der Waals surface area contributed by atoms with Crippen LogP contribution >= 0.6 is 15.9 Å². The predicted molar refractivity (Wildman–Crippen MR) is 113 cm³/mol. The molecule has 0 aromatic heterocycles. The summed E-state index contributed by atoms with van der Waals surface area (Å²) in [5.41, 5.74) is 1.00. The van der Waals surface area contributed by atoms with Crippen molar-refractivity contribution in [3.8, 4) is 5.75 Å². The maximum absolute atomic E-state index is 11.8. The van der Waals surface area contributed by atoms with Gasteiger partial charge in [-0.05, 0) is 44.7 Å². The van der Waals surface area contributed by atoms with Gasteiger partial charge < -0.3 is 14.7 Å². The van der Waals surface area contributed by atoms with Crippen LogP contribution in [0.3, 0.4) is 0 Å². The van der Waals surface area contributed by atoms with Crippen molar-refractivity contribution in [3.05, 3.63) is 28.2 Å². The van der Waals surface area contributed by atoms with Crippen LogP contribution < -0.4 is 4.74 Å². The summed E-state index contributed by atoms with van der Waals surface area (Å²) >= 11 is 3.53. The summed E-state index contributed by atoms with van der Waals surface area (Å²) in [7, 11) is 0. The zero-order chi connectivity index (χ0) is 20.4. The number of carbonyl (C=O) groups is 1. The van der Waals surface area contributed by atoms with Crippen LogP contribution in [0.4, 0.5) is 4.79 Å². The fourth-order valence-corrected chi connectivity index (χ4v) is 4.68. The topological polar surface area (TPSA) is 53.0 Å². The highest BCUT2D eigenvalue weighted by Crippen LogP contribution is 2.34. The molecule has 1 saturated heterocycles. The van der Waals surface area contributed by atoms with E-state index in [4.69, 9.17) is 4.74 Å². The van der Waals surface area contributed by atoms with Gasteiger partial charge in [0.1, 0.15) is 5.75 Å². The van der Waals surface area contributed by atoms with E-state index in [9.17, 15) is 9.90 Å². The lowest BCUT2D eigenvalue weighted by molar-refractivity contribution is -0.0419. The number of amides is 1. The minimum Gasteiger partial charge on any atom is -0.493 e. The molecule has 1 aromatic rings. The van der Waals surface area contributed by atoms with Crippen LogP contribution in [0, 0.1) is 12.3 Å². The lowest BCUT2D eigenvalue weighted by Gasteiger charge is -2.53. The van der Waals surface area contributed by atoms with Crippen LogP contribution in [-0.2, 0) is 0 Å². The number of nitrogens with zero attached hydrogens (tertiary/aromatic N) is 2. The first-order valence-electron chi connectivity index (χ1n) is 9.67. The number of hydrogen-bond donors (Lipinski definition) is 1. The first-order valence-corrected chi connectivity index (χ1v) is 10.5. The van der Waals surface area contributed by atoms with Crippen LogP contribution in [-0.4, -0.2) is 58.8 Å². The van der Waals surface area contributed by atoms with Crippen LogP contribution in [0.1, 0.15) is 46.6 Å². The summed E-state index contributed by atoms with van der Waals surface area (Å²) in [5, 5.41) is 9.67. The summed E-state index contributed by atoms with van der Waals surface area (Å²) in [6.07, 6.45) is 0.0895. The number of carboxylic acid groups (broad SMARTS) is 1. The minimum absolute atomic E-state index is 0.0283. The molecule has 0 saturated carbocycles. The van der Waals surface area contributed by atoms with E-state index in [0.717, 1.165) is 28.8 Å². The summed E-state index contributed by atoms with van der Waals surface area (Å²) in [6.45, 7) is 14.8. The van der Waals surface area contributed by atoms with E-state index in [0.29, 0.717) is 13.2 Å². The Labute approximate surface area is 171 Å². The van der Waals surface area contributed by atoms with Gasteiger partial charge in [-0.1, -0.05) is 42.8 Å². The van der Waals surface area contributed by atoms with E-state index >= 15 is 0 Å². The van der Waals surface area contributed by atoms with Crippen molar-refractivity contribution >= 4 is 22.0 Å². The number of piperazine rings is 1. The molecule has 1 aromatic carbocycles. The quantitative estimate of drug-likeness (QED) is 0.653. The van der Waals surface area contributed by atoms with E-state index in [-0.39, 0.29) is 23.5 Å². The highest BCUT2D eigenvalue weighted by Gasteiger charge is 2.45. The Morgan fingerprint density at radius 3 is 2.59 bits per heavy atom. The second-order valence-corrected chi connectivity index (χ2v) is 9.49. The molecule has 0 radical (unpaired) electrons.